The monoisotopic (exact) mass is 346 g/mol. The van der Waals surface area contributed by atoms with Gasteiger partial charge < -0.3 is 19.3 Å². The molecule has 1 aromatic rings. The van der Waals surface area contributed by atoms with Crippen LogP contribution in [0.1, 0.15) is 40.7 Å². The van der Waals surface area contributed by atoms with Gasteiger partial charge >= 0.3 is 0 Å². The summed E-state index contributed by atoms with van der Waals surface area (Å²) in [7, 11) is 5.92. The van der Waals surface area contributed by atoms with Crippen molar-refractivity contribution in [2.75, 3.05) is 34.4 Å². The highest BCUT2D eigenvalue weighted by molar-refractivity contribution is 5.95. The number of hydrogen-bond donors (Lipinski definition) is 0. The molecule has 5 heteroatoms. The summed E-state index contributed by atoms with van der Waals surface area (Å²) in [5, 5.41) is 0. The van der Waals surface area contributed by atoms with Crippen LogP contribution in [0.2, 0.25) is 0 Å². The van der Waals surface area contributed by atoms with Crippen LogP contribution in [-0.4, -0.2) is 68.3 Å². The zero-order chi connectivity index (χ0) is 18.1. The van der Waals surface area contributed by atoms with Gasteiger partial charge in [0.1, 0.15) is 5.75 Å². The first-order chi connectivity index (χ1) is 11.9. The predicted octanol–water partition coefficient (Wildman–Crippen LogP) is 2.64. The van der Waals surface area contributed by atoms with Crippen LogP contribution in [0, 0.1) is 13.8 Å². The Kier molecular flexibility index (Phi) is 5.35. The number of fused-ring (bicyclic) bond motifs is 1. The maximum absolute atomic E-state index is 13.2. The van der Waals surface area contributed by atoms with Gasteiger partial charge in [0, 0.05) is 18.2 Å². The number of carbonyl (C=O) groups is 1. The number of hydrogen-bond acceptors (Lipinski definition) is 4. The van der Waals surface area contributed by atoms with E-state index in [-0.39, 0.29) is 18.1 Å². The first-order valence-corrected chi connectivity index (χ1v) is 9.16. The minimum Gasteiger partial charge on any atom is -0.496 e. The molecule has 2 aliphatic rings. The Morgan fingerprint density at radius 2 is 1.92 bits per heavy atom. The highest BCUT2D eigenvalue weighted by Crippen LogP contribution is 2.32. The number of benzene rings is 1. The van der Waals surface area contributed by atoms with Crippen LogP contribution in [0.25, 0.3) is 0 Å². The molecule has 0 unspecified atom stereocenters. The number of amides is 1. The number of morpholine rings is 1. The average Bonchev–Trinajstić information content (AvgIpc) is 2.59. The maximum Gasteiger partial charge on any atom is 0.254 e. The van der Waals surface area contributed by atoms with Gasteiger partial charge in [0.15, 0.2) is 0 Å². The van der Waals surface area contributed by atoms with Gasteiger partial charge in [0.25, 0.3) is 5.91 Å². The number of carbonyl (C=O) groups excluding carboxylic acids is 1. The molecule has 0 radical (unpaired) electrons. The topological polar surface area (TPSA) is 42.0 Å². The van der Waals surface area contributed by atoms with Crippen molar-refractivity contribution in [1.82, 2.24) is 9.80 Å². The van der Waals surface area contributed by atoms with E-state index >= 15 is 0 Å². The van der Waals surface area contributed by atoms with E-state index in [4.69, 9.17) is 9.47 Å². The molecule has 0 aromatic heterocycles. The molecular weight excluding hydrogens is 316 g/mol. The van der Waals surface area contributed by atoms with Gasteiger partial charge in [0.05, 0.1) is 25.9 Å². The first-order valence-electron chi connectivity index (χ1n) is 9.16. The quantitative estimate of drug-likeness (QED) is 0.844. The Balaban J connectivity index is 1.80. The molecule has 3 atom stereocenters. The Morgan fingerprint density at radius 1 is 1.24 bits per heavy atom. The van der Waals surface area contributed by atoms with Crippen LogP contribution < -0.4 is 4.74 Å². The fourth-order valence-electron chi connectivity index (χ4n) is 4.38. The number of nitrogens with zero attached hydrogens (tertiary/aromatic N) is 2. The summed E-state index contributed by atoms with van der Waals surface area (Å²) in [6, 6.07) is 4.63. The van der Waals surface area contributed by atoms with Crippen molar-refractivity contribution in [3.8, 4) is 5.75 Å². The van der Waals surface area contributed by atoms with Crippen molar-refractivity contribution in [1.29, 1.82) is 0 Å². The average molecular weight is 346 g/mol. The summed E-state index contributed by atoms with van der Waals surface area (Å²) in [6.07, 6.45) is 3.27. The minimum absolute atomic E-state index is 0.121. The van der Waals surface area contributed by atoms with E-state index in [2.05, 4.69) is 19.0 Å². The largest absolute Gasteiger partial charge is 0.496 e. The Hall–Kier alpha value is -1.59. The second kappa shape index (κ2) is 7.34. The summed E-state index contributed by atoms with van der Waals surface area (Å²) in [6.45, 7) is 5.29. The van der Waals surface area contributed by atoms with Crippen molar-refractivity contribution >= 4 is 5.91 Å². The third-order valence-corrected chi connectivity index (χ3v) is 5.70. The van der Waals surface area contributed by atoms with Crippen molar-refractivity contribution in [2.45, 2.75) is 51.3 Å². The molecule has 1 amide bonds. The van der Waals surface area contributed by atoms with E-state index in [9.17, 15) is 4.79 Å². The summed E-state index contributed by atoms with van der Waals surface area (Å²) in [4.78, 5) is 17.5. The Bertz CT molecular complexity index is 621. The number of aryl methyl sites for hydroxylation is 2. The van der Waals surface area contributed by atoms with Crippen LogP contribution in [0.15, 0.2) is 12.1 Å². The van der Waals surface area contributed by atoms with E-state index in [1.807, 2.05) is 30.9 Å². The van der Waals surface area contributed by atoms with Gasteiger partial charge in [-0.3, -0.25) is 4.79 Å². The molecule has 1 aliphatic heterocycles. The molecule has 0 spiro atoms. The normalized spacial score (nSPS) is 26.5. The summed E-state index contributed by atoms with van der Waals surface area (Å²) in [5.41, 5.74) is 2.77. The highest BCUT2D eigenvalue weighted by atomic mass is 16.5. The lowest BCUT2D eigenvalue weighted by Gasteiger charge is -2.47. The van der Waals surface area contributed by atoms with Crippen LogP contribution in [-0.2, 0) is 4.74 Å². The molecule has 25 heavy (non-hydrogen) atoms. The molecule has 1 aliphatic carbocycles. The van der Waals surface area contributed by atoms with E-state index < -0.39 is 0 Å². The Labute approximate surface area is 150 Å². The molecule has 1 aromatic carbocycles. The second-order valence-electron chi connectivity index (χ2n) is 7.55. The van der Waals surface area contributed by atoms with Crippen LogP contribution in [0.5, 0.6) is 5.75 Å². The smallest absolute Gasteiger partial charge is 0.254 e. The third kappa shape index (κ3) is 3.53. The standard InChI is InChI=1S/C20H30N2O3/c1-13-10-15(11-14(2)19(13)24-5)20(23)22-8-9-25-18-12-16(21(3)4)6-7-17(18)22/h10-11,16-18H,6-9,12H2,1-5H3/t16-,17-,18+/m0/s1. The lowest BCUT2D eigenvalue weighted by molar-refractivity contribution is -0.0877. The summed E-state index contributed by atoms with van der Waals surface area (Å²) < 4.78 is 11.4. The van der Waals surface area contributed by atoms with Crippen LogP contribution >= 0.6 is 0 Å². The Morgan fingerprint density at radius 3 is 2.52 bits per heavy atom. The molecular formula is C20H30N2O3. The van der Waals surface area contributed by atoms with Crippen LogP contribution in [0.3, 0.4) is 0 Å². The van der Waals surface area contributed by atoms with Crippen molar-refractivity contribution in [2.24, 2.45) is 0 Å². The molecule has 0 N–H and O–H groups in total. The molecule has 3 rings (SSSR count). The van der Waals surface area contributed by atoms with E-state index in [0.717, 1.165) is 41.7 Å². The van der Waals surface area contributed by atoms with Crippen molar-refractivity contribution in [3.63, 3.8) is 0 Å². The van der Waals surface area contributed by atoms with E-state index in [1.165, 1.54) is 0 Å². The summed E-state index contributed by atoms with van der Waals surface area (Å²) >= 11 is 0. The number of rotatable bonds is 3. The van der Waals surface area contributed by atoms with Crippen LogP contribution in [0.4, 0.5) is 0 Å². The molecule has 1 saturated heterocycles. The highest BCUT2D eigenvalue weighted by Gasteiger charge is 2.40. The molecule has 0 bridgehead atoms. The minimum atomic E-state index is 0.121. The zero-order valence-electron chi connectivity index (χ0n) is 16.0. The first kappa shape index (κ1) is 18.2. The molecule has 5 nitrogen and oxygen atoms in total. The van der Waals surface area contributed by atoms with E-state index in [0.29, 0.717) is 19.2 Å². The number of ether oxygens (including phenoxy) is 2. The maximum atomic E-state index is 13.2. The van der Waals surface area contributed by atoms with Gasteiger partial charge in [-0.15, -0.1) is 0 Å². The van der Waals surface area contributed by atoms with Gasteiger partial charge in [-0.2, -0.15) is 0 Å². The van der Waals surface area contributed by atoms with Gasteiger partial charge in [-0.25, -0.2) is 0 Å². The van der Waals surface area contributed by atoms with Gasteiger partial charge in [-0.05, 0) is 70.5 Å². The zero-order valence-corrected chi connectivity index (χ0v) is 16.0. The molecule has 2 fully saturated rings. The third-order valence-electron chi connectivity index (χ3n) is 5.70. The molecule has 138 valence electrons. The fraction of sp³-hybridized carbons (Fsp3) is 0.650. The molecule has 1 saturated carbocycles. The number of methoxy groups -OCH3 is 1. The lowest BCUT2D eigenvalue weighted by atomic mass is 9.85. The lowest BCUT2D eigenvalue weighted by Crippen LogP contribution is -2.57. The van der Waals surface area contributed by atoms with Gasteiger partial charge in [0.2, 0.25) is 0 Å². The summed E-state index contributed by atoms with van der Waals surface area (Å²) in [5.74, 6) is 0.985. The van der Waals surface area contributed by atoms with E-state index in [1.54, 1.807) is 7.11 Å². The van der Waals surface area contributed by atoms with Crippen molar-refractivity contribution < 1.29 is 14.3 Å². The fourth-order valence-corrected chi connectivity index (χ4v) is 4.38. The van der Waals surface area contributed by atoms with Crippen molar-refractivity contribution in [3.05, 3.63) is 28.8 Å². The SMILES string of the molecule is COc1c(C)cc(C(=O)N2CCO[C@@H]3C[C@@H](N(C)C)CC[C@@H]32)cc1C. The van der Waals surface area contributed by atoms with Gasteiger partial charge in [-0.1, -0.05) is 0 Å². The predicted molar refractivity (Wildman–Crippen MR) is 98.4 cm³/mol. The second-order valence-corrected chi connectivity index (χ2v) is 7.55. The molecule has 1 heterocycles.